The summed E-state index contributed by atoms with van der Waals surface area (Å²) in [6, 6.07) is 9.49. The van der Waals surface area contributed by atoms with Crippen molar-refractivity contribution >= 4 is 0 Å². The molecule has 2 heterocycles. The van der Waals surface area contributed by atoms with Crippen molar-refractivity contribution in [2.45, 2.75) is 30.9 Å². The van der Waals surface area contributed by atoms with Crippen molar-refractivity contribution < 1.29 is 24.4 Å². The maximum Gasteiger partial charge on any atom is 0.185 e. The Hall–Kier alpha value is -0.980. The second kappa shape index (κ2) is 4.36. The summed E-state index contributed by atoms with van der Waals surface area (Å²) in [6.45, 7) is -0.191. The smallest absolute Gasteiger partial charge is 0.185 e. The van der Waals surface area contributed by atoms with E-state index in [2.05, 4.69) is 0 Å². The molecule has 2 N–H and O–H groups in total. The molecule has 5 atom stereocenters. The van der Waals surface area contributed by atoms with Crippen LogP contribution in [0.2, 0.25) is 0 Å². The maximum atomic E-state index is 9.63. The lowest BCUT2D eigenvalue weighted by Gasteiger charge is -2.16. The second-order valence-electron chi connectivity index (χ2n) is 4.19. The third-order valence-electron chi connectivity index (χ3n) is 3.10. The monoisotopic (exact) mass is 238 g/mol. The molecule has 0 aromatic heterocycles. The summed E-state index contributed by atoms with van der Waals surface area (Å²) in [5.74, 6) is 0. The van der Waals surface area contributed by atoms with Gasteiger partial charge in [-0.1, -0.05) is 30.3 Å². The molecule has 92 valence electrons. The number of hydrogen-bond acceptors (Lipinski definition) is 5. The van der Waals surface area contributed by atoms with Crippen LogP contribution < -0.4 is 0 Å². The summed E-state index contributed by atoms with van der Waals surface area (Å²) in [5, 5.41) is 18.7. The van der Waals surface area contributed by atoms with E-state index in [-0.39, 0.29) is 6.61 Å². The molecular formula is C12H14O5. The molecule has 3 rings (SSSR count). The highest BCUT2D eigenvalue weighted by Crippen LogP contribution is 2.39. The van der Waals surface area contributed by atoms with Gasteiger partial charge in [0.25, 0.3) is 0 Å². The fourth-order valence-corrected chi connectivity index (χ4v) is 2.25. The van der Waals surface area contributed by atoms with Crippen LogP contribution in [0.15, 0.2) is 30.3 Å². The Kier molecular flexibility index (Phi) is 2.85. The molecule has 2 saturated heterocycles. The van der Waals surface area contributed by atoms with Crippen LogP contribution in [0.5, 0.6) is 0 Å². The summed E-state index contributed by atoms with van der Waals surface area (Å²) in [4.78, 5) is 0. The molecule has 0 bridgehead atoms. The Morgan fingerprint density at radius 1 is 1.00 bits per heavy atom. The van der Waals surface area contributed by atoms with E-state index in [1.807, 2.05) is 30.3 Å². The molecule has 0 spiro atoms. The SMILES string of the molecule is OC[C@@H]1O[C@H](O)[C@H]2OC(c3ccccc3)O[C@H]21. The average Bonchev–Trinajstić information content (AvgIpc) is 2.92. The van der Waals surface area contributed by atoms with Gasteiger partial charge >= 0.3 is 0 Å². The van der Waals surface area contributed by atoms with Gasteiger partial charge in [-0.25, -0.2) is 0 Å². The highest BCUT2D eigenvalue weighted by molar-refractivity contribution is 5.17. The van der Waals surface area contributed by atoms with Gasteiger partial charge in [0, 0.05) is 5.56 Å². The van der Waals surface area contributed by atoms with Gasteiger partial charge in [0.2, 0.25) is 0 Å². The van der Waals surface area contributed by atoms with Crippen LogP contribution in [-0.2, 0) is 14.2 Å². The van der Waals surface area contributed by atoms with Crippen molar-refractivity contribution in [2.24, 2.45) is 0 Å². The first-order valence-corrected chi connectivity index (χ1v) is 5.60. The number of fused-ring (bicyclic) bond motifs is 1. The van der Waals surface area contributed by atoms with Crippen LogP contribution in [0.25, 0.3) is 0 Å². The van der Waals surface area contributed by atoms with Crippen molar-refractivity contribution in [1.29, 1.82) is 0 Å². The molecule has 17 heavy (non-hydrogen) atoms. The van der Waals surface area contributed by atoms with Gasteiger partial charge in [-0.15, -0.1) is 0 Å². The number of benzene rings is 1. The molecule has 0 saturated carbocycles. The van der Waals surface area contributed by atoms with Crippen LogP contribution in [-0.4, -0.2) is 41.4 Å². The van der Waals surface area contributed by atoms with Gasteiger partial charge in [0.1, 0.15) is 18.3 Å². The summed E-state index contributed by atoms with van der Waals surface area (Å²) in [6.07, 6.45) is -3.01. The van der Waals surface area contributed by atoms with E-state index in [0.717, 1.165) is 5.56 Å². The largest absolute Gasteiger partial charge is 0.394 e. The minimum Gasteiger partial charge on any atom is -0.394 e. The fourth-order valence-electron chi connectivity index (χ4n) is 2.25. The molecule has 2 aliphatic heterocycles. The molecule has 0 aliphatic carbocycles. The molecule has 1 aromatic rings. The fraction of sp³-hybridized carbons (Fsp3) is 0.500. The number of aliphatic hydroxyl groups excluding tert-OH is 2. The zero-order chi connectivity index (χ0) is 11.8. The number of hydrogen-bond donors (Lipinski definition) is 2. The predicted molar refractivity (Wildman–Crippen MR) is 56.9 cm³/mol. The predicted octanol–water partition coefficient (Wildman–Crippen LogP) is 0.179. The summed E-state index contributed by atoms with van der Waals surface area (Å²) < 4.78 is 16.4. The lowest BCUT2D eigenvalue weighted by Crippen LogP contribution is -2.31. The second-order valence-corrected chi connectivity index (χ2v) is 4.19. The normalized spacial score (nSPS) is 40.5. The van der Waals surface area contributed by atoms with E-state index in [1.54, 1.807) is 0 Å². The Bertz CT molecular complexity index is 382. The molecule has 0 amide bonds. The van der Waals surface area contributed by atoms with Crippen molar-refractivity contribution in [3.8, 4) is 0 Å². The molecule has 5 nitrogen and oxygen atoms in total. The van der Waals surface area contributed by atoms with E-state index < -0.39 is 30.9 Å². The molecule has 2 aliphatic rings. The molecular weight excluding hydrogens is 224 g/mol. The molecule has 2 fully saturated rings. The van der Waals surface area contributed by atoms with Crippen LogP contribution in [0.4, 0.5) is 0 Å². The third kappa shape index (κ3) is 1.86. The lowest BCUT2D eigenvalue weighted by molar-refractivity contribution is -0.190. The standard InChI is InChI=1S/C12H14O5/c13-6-8-9-10(11(14)15-8)17-12(16-9)7-4-2-1-3-5-7/h1-5,8-14H,6H2/t8-,9-,10-,11-,12?/m0/s1. The quantitative estimate of drug-likeness (QED) is 0.769. The number of rotatable bonds is 2. The number of aliphatic hydroxyl groups is 2. The van der Waals surface area contributed by atoms with Gasteiger partial charge in [-0.2, -0.15) is 0 Å². The highest BCUT2D eigenvalue weighted by atomic mass is 16.8. The first-order chi connectivity index (χ1) is 8.29. The lowest BCUT2D eigenvalue weighted by atomic mass is 10.1. The van der Waals surface area contributed by atoms with Crippen LogP contribution in [0.3, 0.4) is 0 Å². The molecule has 5 heteroatoms. The van der Waals surface area contributed by atoms with Crippen molar-refractivity contribution in [2.75, 3.05) is 6.61 Å². The summed E-state index contributed by atoms with van der Waals surface area (Å²) in [5.41, 5.74) is 0.894. The Morgan fingerprint density at radius 2 is 1.71 bits per heavy atom. The van der Waals surface area contributed by atoms with Gasteiger partial charge in [-0.05, 0) is 0 Å². The molecule has 1 unspecified atom stereocenters. The van der Waals surface area contributed by atoms with Crippen LogP contribution >= 0.6 is 0 Å². The van der Waals surface area contributed by atoms with E-state index in [0.29, 0.717) is 0 Å². The first kappa shape index (κ1) is 11.1. The highest BCUT2D eigenvalue weighted by Gasteiger charge is 2.52. The Balaban J connectivity index is 1.78. The maximum absolute atomic E-state index is 9.63. The Morgan fingerprint density at radius 3 is 2.41 bits per heavy atom. The summed E-state index contributed by atoms with van der Waals surface area (Å²) >= 11 is 0. The zero-order valence-electron chi connectivity index (χ0n) is 9.10. The average molecular weight is 238 g/mol. The van der Waals surface area contributed by atoms with E-state index in [4.69, 9.17) is 19.3 Å². The van der Waals surface area contributed by atoms with Crippen molar-refractivity contribution in [3.05, 3.63) is 35.9 Å². The van der Waals surface area contributed by atoms with Crippen LogP contribution in [0.1, 0.15) is 11.9 Å². The zero-order valence-corrected chi connectivity index (χ0v) is 9.10. The minimum atomic E-state index is -1.04. The van der Waals surface area contributed by atoms with Crippen LogP contribution in [0, 0.1) is 0 Å². The van der Waals surface area contributed by atoms with Gasteiger partial charge in [-0.3, -0.25) is 0 Å². The first-order valence-electron chi connectivity index (χ1n) is 5.60. The topological polar surface area (TPSA) is 68.2 Å². The Labute approximate surface area is 98.5 Å². The van der Waals surface area contributed by atoms with Crippen molar-refractivity contribution in [3.63, 3.8) is 0 Å². The number of ether oxygens (including phenoxy) is 3. The van der Waals surface area contributed by atoms with Crippen molar-refractivity contribution in [1.82, 2.24) is 0 Å². The molecule has 0 radical (unpaired) electrons. The summed E-state index contributed by atoms with van der Waals surface area (Å²) in [7, 11) is 0. The van der Waals surface area contributed by atoms with E-state index in [9.17, 15) is 5.11 Å². The van der Waals surface area contributed by atoms with Gasteiger partial charge < -0.3 is 24.4 Å². The van der Waals surface area contributed by atoms with Gasteiger partial charge in [0.15, 0.2) is 12.6 Å². The third-order valence-corrected chi connectivity index (χ3v) is 3.10. The van der Waals surface area contributed by atoms with Gasteiger partial charge in [0.05, 0.1) is 6.61 Å². The van der Waals surface area contributed by atoms with E-state index >= 15 is 0 Å². The van der Waals surface area contributed by atoms with E-state index in [1.165, 1.54) is 0 Å². The minimum absolute atomic E-state index is 0.191. The molecule has 1 aromatic carbocycles.